The van der Waals surface area contributed by atoms with Crippen molar-refractivity contribution in [1.82, 2.24) is 0 Å². The van der Waals surface area contributed by atoms with Crippen LogP contribution < -0.4 is 10.5 Å². The van der Waals surface area contributed by atoms with E-state index in [1.54, 1.807) is 0 Å². The maximum absolute atomic E-state index is 13.2. The van der Waals surface area contributed by atoms with Gasteiger partial charge in [0.2, 0.25) is 0 Å². The van der Waals surface area contributed by atoms with Gasteiger partial charge >= 0.3 is 5.97 Å². The van der Waals surface area contributed by atoms with Crippen molar-refractivity contribution in [3.63, 3.8) is 0 Å². The van der Waals surface area contributed by atoms with Crippen molar-refractivity contribution in [2.45, 2.75) is 6.04 Å². The van der Waals surface area contributed by atoms with Crippen LogP contribution in [-0.4, -0.2) is 18.2 Å². The largest absolute Gasteiger partial charge is 0.497 e. The molecule has 14 heavy (non-hydrogen) atoms. The number of benzene rings is 1. The van der Waals surface area contributed by atoms with E-state index in [1.165, 1.54) is 19.2 Å². The average Bonchev–Trinajstić information content (AvgIpc) is 2.16. The van der Waals surface area contributed by atoms with Crippen molar-refractivity contribution in [2.75, 3.05) is 7.11 Å². The van der Waals surface area contributed by atoms with Gasteiger partial charge in [-0.2, -0.15) is 0 Å². The number of ether oxygens (including phenoxy) is 1. The Labute approximate surface area is 80.1 Å². The van der Waals surface area contributed by atoms with Crippen molar-refractivity contribution < 1.29 is 19.0 Å². The highest BCUT2D eigenvalue weighted by atomic mass is 19.1. The van der Waals surface area contributed by atoms with Crippen molar-refractivity contribution in [3.05, 3.63) is 29.6 Å². The lowest BCUT2D eigenvalue weighted by Crippen LogP contribution is -2.21. The highest BCUT2D eigenvalue weighted by Crippen LogP contribution is 2.20. The number of carboxylic acid groups (broad SMARTS) is 1. The van der Waals surface area contributed by atoms with Gasteiger partial charge in [-0.1, -0.05) is 6.07 Å². The number of halogens is 1. The van der Waals surface area contributed by atoms with Gasteiger partial charge in [0.25, 0.3) is 0 Å². The zero-order valence-corrected chi connectivity index (χ0v) is 7.53. The van der Waals surface area contributed by atoms with E-state index in [1.807, 2.05) is 0 Å². The zero-order valence-electron chi connectivity index (χ0n) is 7.53. The first kappa shape index (κ1) is 10.5. The molecule has 0 spiro atoms. The molecular weight excluding hydrogens is 189 g/mol. The second-order valence-electron chi connectivity index (χ2n) is 2.70. The molecule has 0 fully saturated rings. The van der Waals surface area contributed by atoms with Crippen LogP contribution in [-0.2, 0) is 4.79 Å². The van der Waals surface area contributed by atoms with Gasteiger partial charge in [-0.05, 0) is 6.07 Å². The van der Waals surface area contributed by atoms with Gasteiger partial charge in [-0.3, -0.25) is 4.79 Å². The van der Waals surface area contributed by atoms with E-state index in [2.05, 4.69) is 0 Å². The van der Waals surface area contributed by atoms with Gasteiger partial charge in [0.05, 0.1) is 7.11 Å². The molecule has 1 aromatic carbocycles. The Morgan fingerprint density at radius 3 is 2.71 bits per heavy atom. The fourth-order valence-corrected chi connectivity index (χ4v) is 1.02. The molecule has 0 aromatic heterocycles. The molecule has 1 aromatic rings. The summed E-state index contributed by atoms with van der Waals surface area (Å²) in [4.78, 5) is 10.5. The van der Waals surface area contributed by atoms with Crippen molar-refractivity contribution >= 4 is 5.97 Å². The standard InChI is InChI=1S/C9H10FNO3/c1-14-5-2-3-6(7(10)4-5)8(11)9(12)13/h2-4,8H,11H2,1H3,(H,12,13). The van der Waals surface area contributed by atoms with Gasteiger partial charge in [0, 0.05) is 11.6 Å². The lowest BCUT2D eigenvalue weighted by molar-refractivity contribution is -0.138. The van der Waals surface area contributed by atoms with Gasteiger partial charge in [-0.25, -0.2) is 4.39 Å². The number of methoxy groups -OCH3 is 1. The lowest BCUT2D eigenvalue weighted by atomic mass is 10.1. The number of carbonyl (C=O) groups is 1. The second-order valence-corrected chi connectivity index (χ2v) is 2.70. The Kier molecular flexibility index (Phi) is 3.03. The maximum atomic E-state index is 13.2. The van der Waals surface area contributed by atoms with E-state index >= 15 is 0 Å². The molecule has 0 bridgehead atoms. The van der Waals surface area contributed by atoms with Crippen LogP contribution in [0.15, 0.2) is 18.2 Å². The van der Waals surface area contributed by atoms with E-state index in [0.717, 1.165) is 6.07 Å². The normalized spacial score (nSPS) is 12.2. The summed E-state index contributed by atoms with van der Waals surface area (Å²) in [7, 11) is 1.39. The SMILES string of the molecule is COc1ccc(C(N)C(=O)O)c(F)c1. The summed E-state index contributed by atoms with van der Waals surface area (Å²) < 4.78 is 18.0. The summed E-state index contributed by atoms with van der Waals surface area (Å²) in [6, 6.07) is 2.51. The van der Waals surface area contributed by atoms with Crippen LogP contribution in [0, 0.1) is 5.82 Å². The summed E-state index contributed by atoms with van der Waals surface area (Å²) in [5.74, 6) is -1.63. The van der Waals surface area contributed by atoms with Crippen LogP contribution in [0.25, 0.3) is 0 Å². The Morgan fingerprint density at radius 2 is 2.29 bits per heavy atom. The topological polar surface area (TPSA) is 72.5 Å². The highest BCUT2D eigenvalue weighted by Gasteiger charge is 2.18. The first-order chi connectivity index (χ1) is 6.56. The summed E-state index contributed by atoms with van der Waals surface area (Å²) in [5.41, 5.74) is 5.19. The molecule has 0 amide bonds. The minimum Gasteiger partial charge on any atom is -0.497 e. The van der Waals surface area contributed by atoms with Gasteiger partial charge < -0.3 is 15.6 Å². The number of nitrogens with two attached hydrogens (primary N) is 1. The average molecular weight is 199 g/mol. The van der Waals surface area contributed by atoms with Gasteiger partial charge in [0.15, 0.2) is 0 Å². The summed E-state index contributed by atoms with van der Waals surface area (Å²) >= 11 is 0. The number of aliphatic carboxylic acids is 1. The monoisotopic (exact) mass is 199 g/mol. The molecule has 0 heterocycles. The molecule has 0 aliphatic carbocycles. The third kappa shape index (κ3) is 2.00. The highest BCUT2D eigenvalue weighted by molar-refractivity contribution is 5.75. The predicted octanol–water partition coefficient (Wildman–Crippen LogP) is 0.919. The fraction of sp³-hybridized carbons (Fsp3) is 0.222. The number of carboxylic acids is 1. The van der Waals surface area contributed by atoms with Crippen LogP contribution in [0.4, 0.5) is 4.39 Å². The molecule has 1 atom stereocenters. The fourth-order valence-electron chi connectivity index (χ4n) is 1.02. The molecule has 0 aliphatic rings. The maximum Gasteiger partial charge on any atom is 0.325 e. The van der Waals surface area contributed by atoms with E-state index in [-0.39, 0.29) is 5.56 Å². The summed E-state index contributed by atoms with van der Waals surface area (Å²) in [6.45, 7) is 0. The van der Waals surface area contributed by atoms with Crippen LogP contribution >= 0.6 is 0 Å². The number of rotatable bonds is 3. The van der Waals surface area contributed by atoms with Crippen LogP contribution in [0.2, 0.25) is 0 Å². The van der Waals surface area contributed by atoms with E-state index in [9.17, 15) is 9.18 Å². The van der Waals surface area contributed by atoms with E-state index in [0.29, 0.717) is 5.75 Å². The van der Waals surface area contributed by atoms with Crippen molar-refractivity contribution in [1.29, 1.82) is 0 Å². The Morgan fingerprint density at radius 1 is 1.64 bits per heavy atom. The predicted molar refractivity (Wildman–Crippen MR) is 47.5 cm³/mol. The molecule has 0 saturated carbocycles. The molecule has 0 saturated heterocycles. The number of hydrogen-bond donors (Lipinski definition) is 2. The minimum atomic E-state index is -1.35. The Hall–Kier alpha value is -1.62. The molecule has 5 heteroatoms. The molecule has 0 radical (unpaired) electrons. The first-order valence-electron chi connectivity index (χ1n) is 3.88. The second kappa shape index (κ2) is 4.06. The summed E-state index contributed by atoms with van der Waals surface area (Å²) in [5, 5.41) is 8.56. The Bertz CT molecular complexity index is 354. The molecule has 1 rings (SSSR count). The van der Waals surface area contributed by atoms with Crippen molar-refractivity contribution in [2.24, 2.45) is 5.73 Å². The van der Waals surface area contributed by atoms with Crippen LogP contribution in [0.5, 0.6) is 5.75 Å². The molecular formula is C9H10FNO3. The van der Waals surface area contributed by atoms with E-state index < -0.39 is 17.8 Å². The molecule has 3 N–H and O–H groups in total. The van der Waals surface area contributed by atoms with E-state index in [4.69, 9.17) is 15.6 Å². The number of hydrogen-bond acceptors (Lipinski definition) is 3. The van der Waals surface area contributed by atoms with Crippen LogP contribution in [0.1, 0.15) is 11.6 Å². The lowest BCUT2D eigenvalue weighted by Gasteiger charge is -2.08. The smallest absolute Gasteiger partial charge is 0.325 e. The van der Waals surface area contributed by atoms with Gasteiger partial charge in [0.1, 0.15) is 17.6 Å². The Balaban J connectivity index is 3.05. The molecule has 76 valence electrons. The third-order valence-electron chi connectivity index (χ3n) is 1.81. The summed E-state index contributed by atoms with van der Waals surface area (Å²) in [6.07, 6.45) is 0. The van der Waals surface area contributed by atoms with Crippen LogP contribution in [0.3, 0.4) is 0 Å². The molecule has 0 aliphatic heterocycles. The van der Waals surface area contributed by atoms with Gasteiger partial charge in [-0.15, -0.1) is 0 Å². The van der Waals surface area contributed by atoms with Crippen molar-refractivity contribution in [3.8, 4) is 5.75 Å². The third-order valence-corrected chi connectivity index (χ3v) is 1.81. The zero-order chi connectivity index (χ0) is 10.7. The quantitative estimate of drug-likeness (QED) is 0.759. The molecule has 1 unspecified atom stereocenters. The first-order valence-corrected chi connectivity index (χ1v) is 3.88. The minimum absolute atomic E-state index is 0.0571. The molecule has 4 nitrogen and oxygen atoms in total.